The first-order valence-corrected chi connectivity index (χ1v) is 16.3. The van der Waals surface area contributed by atoms with Gasteiger partial charge in [0.15, 0.2) is 5.78 Å². The van der Waals surface area contributed by atoms with Gasteiger partial charge in [-0.1, -0.05) is 12.1 Å². The van der Waals surface area contributed by atoms with Crippen molar-refractivity contribution in [2.45, 2.75) is 75.8 Å². The van der Waals surface area contributed by atoms with Gasteiger partial charge in [-0.05, 0) is 95.0 Å². The molecule has 0 unspecified atom stereocenters. The number of anilines is 1. The molecule has 0 atom stereocenters. The van der Waals surface area contributed by atoms with E-state index in [9.17, 15) is 21.6 Å². The summed E-state index contributed by atoms with van der Waals surface area (Å²) in [5.41, 5.74) is 1.82. The molecule has 2 fully saturated rings. The van der Waals surface area contributed by atoms with Crippen LogP contribution in [0.5, 0.6) is 0 Å². The molecule has 2 N–H and O–H groups in total. The maximum Gasteiger partial charge on any atom is 0.241 e. The number of nitrogens with one attached hydrogen (secondary N) is 2. The standard InChI is InChI=1S/C28H35N3O5S2/c1-27(2,3)30-38(35,36)22-7-5-6-19(16-22)26(32)24-18-31(21-10-12-28(13-11-21)14-15-28)25-17-20(8-9-23(24)25)29-37(4,33)34/h5-9,16-18,21,29-30H,10-15H2,1-4H3. The van der Waals surface area contributed by atoms with Gasteiger partial charge >= 0.3 is 0 Å². The molecule has 0 bridgehead atoms. The number of aromatic nitrogens is 1. The number of carbonyl (C=O) groups excluding carboxylic acids is 1. The van der Waals surface area contributed by atoms with E-state index in [2.05, 4.69) is 14.0 Å². The Hall–Kier alpha value is -2.69. The molecule has 5 rings (SSSR count). The minimum absolute atomic E-state index is 0.0312. The first-order chi connectivity index (χ1) is 17.6. The van der Waals surface area contributed by atoms with E-state index in [0.29, 0.717) is 22.1 Å². The summed E-state index contributed by atoms with van der Waals surface area (Å²) in [6.07, 6.45) is 9.88. The summed E-state index contributed by atoms with van der Waals surface area (Å²) in [4.78, 5) is 13.8. The Balaban J connectivity index is 1.55. The van der Waals surface area contributed by atoms with E-state index >= 15 is 0 Å². The Bertz CT molecular complexity index is 1620. The molecule has 1 heterocycles. The lowest BCUT2D eigenvalue weighted by molar-refractivity contribution is 0.103. The maximum atomic E-state index is 13.8. The van der Waals surface area contributed by atoms with Gasteiger partial charge in [0.05, 0.1) is 22.4 Å². The molecule has 2 saturated carbocycles. The van der Waals surface area contributed by atoms with Crippen molar-refractivity contribution in [2.75, 3.05) is 11.0 Å². The predicted octanol–water partition coefficient (Wildman–Crippen LogP) is 5.22. The first-order valence-electron chi connectivity index (χ1n) is 13.0. The van der Waals surface area contributed by atoms with Gasteiger partial charge < -0.3 is 4.57 Å². The Morgan fingerprint density at radius 1 is 0.974 bits per heavy atom. The molecule has 0 saturated heterocycles. The highest BCUT2D eigenvalue weighted by Crippen LogP contribution is 2.58. The fourth-order valence-electron chi connectivity index (χ4n) is 5.60. The average molecular weight is 558 g/mol. The number of fused-ring (bicyclic) bond motifs is 1. The number of benzene rings is 2. The lowest BCUT2D eigenvalue weighted by Gasteiger charge is -2.30. The third kappa shape index (κ3) is 5.67. The fourth-order valence-corrected chi connectivity index (χ4v) is 7.62. The van der Waals surface area contributed by atoms with Crippen LogP contribution in [0.1, 0.15) is 81.3 Å². The van der Waals surface area contributed by atoms with Crippen LogP contribution in [0.4, 0.5) is 5.69 Å². The van der Waals surface area contributed by atoms with Gasteiger partial charge in [-0.2, -0.15) is 0 Å². The fraction of sp³-hybridized carbons (Fsp3) is 0.464. The van der Waals surface area contributed by atoms with Crippen molar-refractivity contribution in [3.05, 3.63) is 59.8 Å². The van der Waals surface area contributed by atoms with E-state index in [1.165, 1.54) is 25.0 Å². The SMILES string of the molecule is CC(C)(C)NS(=O)(=O)c1cccc(C(=O)c2cn(C3CCC4(CC3)CC4)c3cc(NS(C)(=O)=O)ccc23)c1. The minimum atomic E-state index is -3.81. The molecule has 8 nitrogen and oxygen atoms in total. The van der Waals surface area contributed by atoms with Crippen LogP contribution in [-0.2, 0) is 20.0 Å². The van der Waals surface area contributed by atoms with Crippen molar-refractivity contribution in [1.82, 2.24) is 9.29 Å². The van der Waals surface area contributed by atoms with Gasteiger partial charge in [0.1, 0.15) is 0 Å². The zero-order valence-corrected chi connectivity index (χ0v) is 23.9. The number of sulfonamides is 2. The van der Waals surface area contributed by atoms with Crippen LogP contribution in [0.2, 0.25) is 0 Å². The Labute approximate surface area is 224 Å². The summed E-state index contributed by atoms with van der Waals surface area (Å²) in [6, 6.07) is 11.5. The van der Waals surface area contributed by atoms with Crippen molar-refractivity contribution in [3.8, 4) is 0 Å². The number of carbonyl (C=O) groups is 1. The zero-order chi connectivity index (χ0) is 27.5. The molecule has 1 aromatic heterocycles. The van der Waals surface area contributed by atoms with Crippen LogP contribution >= 0.6 is 0 Å². The number of ketones is 1. The third-order valence-corrected chi connectivity index (χ3v) is 9.96. The second kappa shape index (κ2) is 9.20. The Kier molecular flexibility index (Phi) is 6.52. The monoisotopic (exact) mass is 557 g/mol. The van der Waals surface area contributed by atoms with Crippen LogP contribution in [0.25, 0.3) is 10.9 Å². The smallest absolute Gasteiger partial charge is 0.241 e. The van der Waals surface area contributed by atoms with Crippen molar-refractivity contribution in [2.24, 2.45) is 5.41 Å². The van der Waals surface area contributed by atoms with Crippen molar-refractivity contribution >= 4 is 42.4 Å². The molecule has 38 heavy (non-hydrogen) atoms. The van der Waals surface area contributed by atoms with Gasteiger partial charge in [-0.3, -0.25) is 9.52 Å². The number of hydrogen-bond donors (Lipinski definition) is 2. The minimum Gasteiger partial charge on any atom is -0.344 e. The zero-order valence-electron chi connectivity index (χ0n) is 22.2. The molecule has 10 heteroatoms. The van der Waals surface area contributed by atoms with Gasteiger partial charge in [-0.25, -0.2) is 21.6 Å². The van der Waals surface area contributed by atoms with Gasteiger partial charge in [-0.15, -0.1) is 0 Å². The normalized spacial score (nSPS) is 18.1. The first kappa shape index (κ1) is 26.9. The van der Waals surface area contributed by atoms with Crippen molar-refractivity contribution in [1.29, 1.82) is 0 Å². The molecule has 0 amide bonds. The molecule has 3 aromatic rings. The molecule has 204 valence electrons. The highest BCUT2D eigenvalue weighted by atomic mass is 32.2. The molecule has 1 spiro atoms. The van der Waals surface area contributed by atoms with Gasteiger partial charge in [0, 0.05) is 34.3 Å². The van der Waals surface area contributed by atoms with E-state index in [1.807, 2.05) is 6.20 Å². The van der Waals surface area contributed by atoms with Crippen LogP contribution in [0.3, 0.4) is 0 Å². The van der Waals surface area contributed by atoms with Crippen LogP contribution in [-0.4, -0.2) is 39.0 Å². The molecule has 0 aliphatic heterocycles. The van der Waals surface area contributed by atoms with Gasteiger partial charge in [0.2, 0.25) is 20.0 Å². The maximum absolute atomic E-state index is 13.8. The summed E-state index contributed by atoms with van der Waals surface area (Å²) in [5.74, 6) is -0.278. The predicted molar refractivity (Wildman–Crippen MR) is 150 cm³/mol. The van der Waals surface area contributed by atoms with E-state index in [1.54, 1.807) is 51.1 Å². The quantitative estimate of drug-likeness (QED) is 0.387. The third-order valence-electron chi connectivity index (χ3n) is 7.60. The van der Waals surface area contributed by atoms with Crippen molar-refractivity contribution < 1.29 is 21.6 Å². The summed E-state index contributed by atoms with van der Waals surface area (Å²) < 4.78 is 56.9. The lowest BCUT2D eigenvalue weighted by atomic mass is 9.83. The number of rotatable bonds is 7. The topological polar surface area (TPSA) is 114 Å². The van der Waals surface area contributed by atoms with Crippen LogP contribution in [0, 0.1) is 5.41 Å². The molecule has 2 aliphatic rings. The summed E-state index contributed by atoms with van der Waals surface area (Å²) in [6.45, 7) is 5.28. The van der Waals surface area contributed by atoms with Crippen LogP contribution in [0.15, 0.2) is 53.6 Å². The average Bonchev–Trinajstić information content (AvgIpc) is 3.46. The van der Waals surface area contributed by atoms with E-state index < -0.39 is 25.6 Å². The number of nitrogens with zero attached hydrogens (tertiary/aromatic N) is 1. The van der Waals surface area contributed by atoms with E-state index in [0.717, 1.165) is 37.5 Å². The highest BCUT2D eigenvalue weighted by molar-refractivity contribution is 7.92. The summed E-state index contributed by atoms with van der Waals surface area (Å²) >= 11 is 0. The molecule has 2 aromatic carbocycles. The Morgan fingerprint density at radius 2 is 1.66 bits per heavy atom. The highest BCUT2D eigenvalue weighted by Gasteiger charge is 2.45. The van der Waals surface area contributed by atoms with Gasteiger partial charge in [0.25, 0.3) is 0 Å². The second-order valence-corrected chi connectivity index (χ2v) is 15.4. The molecule has 2 aliphatic carbocycles. The molecular formula is C28H35N3O5S2. The summed E-state index contributed by atoms with van der Waals surface area (Å²) in [7, 11) is -7.28. The summed E-state index contributed by atoms with van der Waals surface area (Å²) in [5, 5.41) is 0.710. The molecule has 0 radical (unpaired) electrons. The lowest BCUT2D eigenvalue weighted by Crippen LogP contribution is -2.40. The van der Waals surface area contributed by atoms with Crippen LogP contribution < -0.4 is 9.44 Å². The number of hydrogen-bond acceptors (Lipinski definition) is 5. The van der Waals surface area contributed by atoms with Crippen molar-refractivity contribution in [3.63, 3.8) is 0 Å². The van der Waals surface area contributed by atoms with E-state index in [-0.39, 0.29) is 22.3 Å². The Morgan fingerprint density at radius 3 is 2.26 bits per heavy atom. The largest absolute Gasteiger partial charge is 0.344 e. The van der Waals surface area contributed by atoms with E-state index in [4.69, 9.17) is 0 Å². The second-order valence-electron chi connectivity index (χ2n) is 12.0. The molecular weight excluding hydrogens is 522 g/mol.